The van der Waals surface area contributed by atoms with Crippen LogP contribution in [0, 0.1) is 6.92 Å². The summed E-state index contributed by atoms with van der Waals surface area (Å²) in [6.45, 7) is 1.72. The maximum atomic E-state index is 10.9. The van der Waals surface area contributed by atoms with Gasteiger partial charge >= 0.3 is 5.97 Å². The molecule has 0 saturated heterocycles. The third-order valence-electron chi connectivity index (χ3n) is 2.15. The molecule has 0 unspecified atom stereocenters. The Balaban J connectivity index is 2.93. The maximum absolute atomic E-state index is 10.9. The van der Waals surface area contributed by atoms with E-state index in [1.807, 2.05) is 0 Å². The first-order chi connectivity index (χ1) is 7.00. The molecule has 0 fully saturated rings. The van der Waals surface area contributed by atoms with Crippen molar-refractivity contribution in [2.75, 3.05) is 5.73 Å². The number of rotatable bonds is 1. The van der Waals surface area contributed by atoms with Crippen LogP contribution in [0.2, 0.25) is 5.02 Å². The Morgan fingerprint density at radius 1 is 1.53 bits per heavy atom. The SMILES string of the molecule is Cc1cc2c(N)c(Cl)cc(C(=O)O)c2o1. The van der Waals surface area contributed by atoms with Gasteiger partial charge < -0.3 is 15.3 Å². The number of carbonyl (C=O) groups is 1. The average Bonchev–Trinajstić information content (AvgIpc) is 2.53. The molecule has 0 bridgehead atoms. The highest BCUT2D eigenvalue weighted by Crippen LogP contribution is 2.33. The van der Waals surface area contributed by atoms with Gasteiger partial charge in [-0.1, -0.05) is 11.6 Å². The molecule has 0 aliphatic carbocycles. The molecule has 15 heavy (non-hydrogen) atoms. The topological polar surface area (TPSA) is 76.5 Å². The number of carboxylic acids is 1. The number of anilines is 1. The third-order valence-corrected chi connectivity index (χ3v) is 2.46. The number of halogens is 1. The number of benzene rings is 1. The zero-order valence-corrected chi connectivity index (χ0v) is 8.63. The molecular weight excluding hydrogens is 218 g/mol. The quantitative estimate of drug-likeness (QED) is 0.732. The lowest BCUT2D eigenvalue weighted by Crippen LogP contribution is -1.98. The van der Waals surface area contributed by atoms with Gasteiger partial charge in [-0.2, -0.15) is 0 Å². The van der Waals surface area contributed by atoms with Crippen molar-refractivity contribution < 1.29 is 14.3 Å². The van der Waals surface area contributed by atoms with Crippen molar-refractivity contribution in [3.63, 3.8) is 0 Å². The molecular formula is C10H8ClNO3. The van der Waals surface area contributed by atoms with Crippen molar-refractivity contribution >= 4 is 34.2 Å². The molecule has 0 atom stereocenters. The molecule has 0 radical (unpaired) electrons. The fraction of sp³-hybridized carbons (Fsp3) is 0.100. The van der Waals surface area contributed by atoms with Crippen LogP contribution in [-0.4, -0.2) is 11.1 Å². The third kappa shape index (κ3) is 1.43. The van der Waals surface area contributed by atoms with Gasteiger partial charge in [0.2, 0.25) is 0 Å². The number of carboxylic acid groups (broad SMARTS) is 1. The van der Waals surface area contributed by atoms with Crippen LogP contribution in [-0.2, 0) is 0 Å². The van der Waals surface area contributed by atoms with Crippen LogP contribution in [0.1, 0.15) is 16.1 Å². The Kier molecular flexibility index (Phi) is 2.08. The summed E-state index contributed by atoms with van der Waals surface area (Å²) in [4.78, 5) is 10.9. The van der Waals surface area contributed by atoms with Crippen molar-refractivity contribution in [3.8, 4) is 0 Å². The van der Waals surface area contributed by atoms with Gasteiger partial charge in [-0.05, 0) is 19.1 Å². The van der Waals surface area contributed by atoms with E-state index in [-0.39, 0.29) is 16.2 Å². The highest BCUT2D eigenvalue weighted by Gasteiger charge is 2.17. The van der Waals surface area contributed by atoms with Crippen LogP contribution in [0.3, 0.4) is 0 Å². The number of nitrogen functional groups attached to an aromatic ring is 1. The predicted molar refractivity (Wildman–Crippen MR) is 57.3 cm³/mol. The zero-order chi connectivity index (χ0) is 11.2. The Bertz CT molecular complexity index is 559. The molecule has 0 aliphatic heterocycles. The summed E-state index contributed by atoms with van der Waals surface area (Å²) in [7, 11) is 0. The fourth-order valence-corrected chi connectivity index (χ4v) is 1.68. The average molecular weight is 226 g/mol. The normalized spacial score (nSPS) is 10.8. The van der Waals surface area contributed by atoms with E-state index in [0.717, 1.165) is 0 Å². The first-order valence-corrected chi connectivity index (χ1v) is 4.60. The first-order valence-electron chi connectivity index (χ1n) is 4.22. The summed E-state index contributed by atoms with van der Waals surface area (Å²) in [6.07, 6.45) is 0. The molecule has 4 nitrogen and oxygen atoms in total. The minimum absolute atomic E-state index is 0.0253. The summed E-state index contributed by atoms with van der Waals surface area (Å²) >= 11 is 5.82. The summed E-state index contributed by atoms with van der Waals surface area (Å²) in [5.74, 6) is -0.488. The molecule has 0 amide bonds. The van der Waals surface area contributed by atoms with Crippen molar-refractivity contribution in [1.82, 2.24) is 0 Å². The van der Waals surface area contributed by atoms with E-state index in [2.05, 4.69) is 0 Å². The Hall–Kier alpha value is -1.68. The zero-order valence-electron chi connectivity index (χ0n) is 7.87. The molecule has 2 aromatic rings. The molecule has 1 heterocycles. The van der Waals surface area contributed by atoms with Crippen LogP contribution in [0.5, 0.6) is 0 Å². The molecule has 3 N–H and O–H groups in total. The number of aryl methyl sites for hydroxylation is 1. The first kappa shape index (κ1) is 9.86. The predicted octanol–water partition coefficient (Wildman–Crippen LogP) is 2.68. The fourth-order valence-electron chi connectivity index (χ4n) is 1.47. The highest BCUT2D eigenvalue weighted by molar-refractivity contribution is 6.35. The minimum Gasteiger partial charge on any atom is -0.478 e. The Morgan fingerprint density at radius 2 is 2.20 bits per heavy atom. The molecule has 0 saturated carbocycles. The van der Waals surface area contributed by atoms with Crippen LogP contribution in [0.4, 0.5) is 5.69 Å². The summed E-state index contributed by atoms with van der Waals surface area (Å²) in [6, 6.07) is 2.97. The van der Waals surface area contributed by atoms with E-state index in [1.165, 1.54) is 6.07 Å². The number of fused-ring (bicyclic) bond motifs is 1. The molecule has 78 valence electrons. The van der Waals surface area contributed by atoms with Crippen LogP contribution in [0.25, 0.3) is 11.0 Å². The second-order valence-corrected chi connectivity index (χ2v) is 3.63. The number of hydrogen-bond acceptors (Lipinski definition) is 3. The van der Waals surface area contributed by atoms with Gasteiger partial charge in [-0.15, -0.1) is 0 Å². The van der Waals surface area contributed by atoms with Crippen molar-refractivity contribution in [2.24, 2.45) is 0 Å². The lowest BCUT2D eigenvalue weighted by molar-refractivity contribution is 0.0698. The summed E-state index contributed by atoms with van der Waals surface area (Å²) in [5.41, 5.74) is 6.35. The molecule has 5 heteroatoms. The van der Waals surface area contributed by atoms with E-state index in [4.69, 9.17) is 26.9 Å². The Labute approximate surface area is 90.2 Å². The maximum Gasteiger partial charge on any atom is 0.339 e. The van der Waals surface area contributed by atoms with E-state index in [0.29, 0.717) is 16.8 Å². The minimum atomic E-state index is -1.09. The lowest BCUT2D eigenvalue weighted by atomic mass is 10.1. The smallest absolute Gasteiger partial charge is 0.339 e. The van der Waals surface area contributed by atoms with Gasteiger partial charge in [0, 0.05) is 5.39 Å². The van der Waals surface area contributed by atoms with Crippen LogP contribution < -0.4 is 5.73 Å². The van der Waals surface area contributed by atoms with Gasteiger partial charge in [0.05, 0.1) is 10.7 Å². The Morgan fingerprint density at radius 3 is 2.80 bits per heavy atom. The van der Waals surface area contributed by atoms with E-state index >= 15 is 0 Å². The standard InChI is InChI=1S/C10H8ClNO3/c1-4-2-5-8(12)7(11)3-6(10(13)14)9(5)15-4/h2-3H,12H2,1H3,(H,13,14). The van der Waals surface area contributed by atoms with Gasteiger partial charge in [0.15, 0.2) is 5.58 Å². The van der Waals surface area contributed by atoms with Crippen LogP contribution in [0.15, 0.2) is 16.5 Å². The van der Waals surface area contributed by atoms with E-state index in [9.17, 15) is 4.79 Å². The van der Waals surface area contributed by atoms with Gasteiger partial charge in [-0.3, -0.25) is 0 Å². The number of aromatic carboxylic acids is 1. The number of furan rings is 1. The van der Waals surface area contributed by atoms with Crippen molar-refractivity contribution in [2.45, 2.75) is 6.92 Å². The largest absolute Gasteiger partial charge is 0.478 e. The molecule has 0 spiro atoms. The van der Waals surface area contributed by atoms with Gasteiger partial charge in [-0.25, -0.2) is 4.79 Å². The van der Waals surface area contributed by atoms with Gasteiger partial charge in [0.25, 0.3) is 0 Å². The van der Waals surface area contributed by atoms with Crippen molar-refractivity contribution in [1.29, 1.82) is 0 Å². The number of hydrogen-bond donors (Lipinski definition) is 2. The molecule has 2 rings (SSSR count). The summed E-state index contributed by atoms with van der Waals surface area (Å²) in [5, 5.41) is 9.71. The lowest BCUT2D eigenvalue weighted by Gasteiger charge is -2.01. The molecule has 1 aromatic heterocycles. The highest BCUT2D eigenvalue weighted by atomic mass is 35.5. The van der Waals surface area contributed by atoms with Gasteiger partial charge in [0.1, 0.15) is 11.3 Å². The van der Waals surface area contributed by atoms with Crippen molar-refractivity contribution in [3.05, 3.63) is 28.5 Å². The van der Waals surface area contributed by atoms with E-state index in [1.54, 1.807) is 13.0 Å². The second-order valence-electron chi connectivity index (χ2n) is 3.22. The number of nitrogens with two attached hydrogens (primary N) is 1. The molecule has 0 aliphatic rings. The van der Waals surface area contributed by atoms with E-state index < -0.39 is 5.97 Å². The summed E-state index contributed by atoms with van der Waals surface area (Å²) < 4.78 is 5.28. The second kappa shape index (κ2) is 3.17. The molecule has 1 aromatic carbocycles. The van der Waals surface area contributed by atoms with Crippen LogP contribution >= 0.6 is 11.6 Å². The monoisotopic (exact) mass is 225 g/mol.